The van der Waals surface area contributed by atoms with Crippen molar-refractivity contribution in [2.24, 2.45) is 0 Å². The van der Waals surface area contributed by atoms with Crippen LogP contribution >= 0.6 is 11.6 Å². The monoisotopic (exact) mass is 265 g/mol. The number of carbonyl (C=O) groups is 1. The molecule has 1 N–H and O–H groups in total. The Kier molecular flexibility index (Phi) is 4.81. The van der Waals surface area contributed by atoms with E-state index in [1.807, 2.05) is 0 Å². The van der Waals surface area contributed by atoms with Crippen molar-refractivity contribution in [3.8, 4) is 0 Å². The van der Waals surface area contributed by atoms with Crippen LogP contribution in [0.15, 0.2) is 12.1 Å². The Morgan fingerprint density at radius 3 is 2.53 bits per heavy atom. The lowest BCUT2D eigenvalue weighted by atomic mass is 10.1. The van der Waals surface area contributed by atoms with Crippen LogP contribution in [0.3, 0.4) is 0 Å². The van der Waals surface area contributed by atoms with Gasteiger partial charge < -0.3 is 5.32 Å². The quantitative estimate of drug-likeness (QED) is 0.658. The minimum Gasteiger partial charge on any atom is -0.348 e. The van der Waals surface area contributed by atoms with E-state index >= 15 is 0 Å². The lowest BCUT2D eigenvalue weighted by molar-refractivity contribution is 0.0934. The summed E-state index contributed by atoms with van der Waals surface area (Å²) in [5.41, 5.74) is -0.535. The normalized spacial score (nSPS) is 12.3. The third-order valence-electron chi connectivity index (χ3n) is 2.29. The summed E-state index contributed by atoms with van der Waals surface area (Å²) in [5, 5.41) is 2.42. The first-order chi connectivity index (χ1) is 8.01. The molecular formula is C11H11ClF3NO. The van der Waals surface area contributed by atoms with Gasteiger partial charge in [-0.1, -0.05) is 6.92 Å². The van der Waals surface area contributed by atoms with Crippen LogP contribution in [0.2, 0.25) is 0 Å². The fraction of sp³-hybridized carbons (Fsp3) is 0.364. The summed E-state index contributed by atoms with van der Waals surface area (Å²) in [6, 6.07) is 1.26. The highest BCUT2D eigenvalue weighted by atomic mass is 35.5. The van der Waals surface area contributed by atoms with E-state index < -0.39 is 28.9 Å². The fourth-order valence-corrected chi connectivity index (χ4v) is 1.51. The van der Waals surface area contributed by atoms with Gasteiger partial charge in [-0.3, -0.25) is 4.79 Å². The number of alkyl halides is 1. The van der Waals surface area contributed by atoms with E-state index in [1.54, 1.807) is 6.92 Å². The van der Waals surface area contributed by atoms with Gasteiger partial charge in [0.2, 0.25) is 0 Å². The molecule has 1 rings (SSSR count). The molecule has 0 bridgehead atoms. The Balaban J connectivity index is 2.93. The molecule has 0 heterocycles. The largest absolute Gasteiger partial charge is 0.348 e. The number of nitrogens with one attached hydrogen (secondary N) is 1. The maximum Gasteiger partial charge on any atom is 0.254 e. The van der Waals surface area contributed by atoms with E-state index in [-0.39, 0.29) is 11.9 Å². The van der Waals surface area contributed by atoms with Gasteiger partial charge in [-0.05, 0) is 18.6 Å². The predicted molar refractivity (Wildman–Crippen MR) is 58.6 cm³/mol. The van der Waals surface area contributed by atoms with Crippen molar-refractivity contribution >= 4 is 17.5 Å². The van der Waals surface area contributed by atoms with Crippen LogP contribution in [-0.4, -0.2) is 17.8 Å². The van der Waals surface area contributed by atoms with E-state index in [9.17, 15) is 18.0 Å². The van der Waals surface area contributed by atoms with Gasteiger partial charge in [-0.25, -0.2) is 13.2 Å². The average Bonchev–Trinajstić information content (AvgIpc) is 2.32. The highest BCUT2D eigenvalue weighted by molar-refractivity contribution is 6.18. The number of rotatable bonds is 4. The number of benzene rings is 1. The molecule has 1 atom stereocenters. The number of amides is 1. The summed E-state index contributed by atoms with van der Waals surface area (Å²) in [6.45, 7) is 1.79. The minimum atomic E-state index is -1.66. The van der Waals surface area contributed by atoms with Crippen LogP contribution in [0.25, 0.3) is 0 Å². The molecule has 0 saturated carbocycles. The zero-order valence-corrected chi connectivity index (χ0v) is 9.82. The standard InChI is InChI=1S/C11H11ClF3NO/c1-2-6(5-12)16-11(17)7-3-4-8(13)10(15)9(7)14/h3-4,6H,2,5H2,1H3,(H,16,17). The van der Waals surface area contributed by atoms with Crippen molar-refractivity contribution in [1.29, 1.82) is 0 Å². The van der Waals surface area contributed by atoms with E-state index in [0.29, 0.717) is 12.5 Å². The Morgan fingerprint density at radius 1 is 1.35 bits per heavy atom. The molecule has 0 spiro atoms. The molecule has 94 valence electrons. The average molecular weight is 266 g/mol. The predicted octanol–water partition coefficient (Wildman–Crippen LogP) is 2.85. The van der Waals surface area contributed by atoms with Crippen LogP contribution in [-0.2, 0) is 0 Å². The van der Waals surface area contributed by atoms with Gasteiger partial charge >= 0.3 is 0 Å². The molecule has 0 aromatic heterocycles. The molecule has 0 saturated heterocycles. The SMILES string of the molecule is CCC(CCl)NC(=O)c1ccc(F)c(F)c1F. The van der Waals surface area contributed by atoms with Crippen molar-refractivity contribution in [2.75, 3.05) is 5.88 Å². The highest BCUT2D eigenvalue weighted by Gasteiger charge is 2.20. The minimum absolute atomic E-state index is 0.160. The summed E-state index contributed by atoms with van der Waals surface area (Å²) in [5.74, 6) is -5.13. The van der Waals surface area contributed by atoms with Gasteiger partial charge in [0.25, 0.3) is 5.91 Å². The lowest BCUT2D eigenvalue weighted by Crippen LogP contribution is -2.36. The highest BCUT2D eigenvalue weighted by Crippen LogP contribution is 2.15. The van der Waals surface area contributed by atoms with Crippen LogP contribution in [0.4, 0.5) is 13.2 Å². The van der Waals surface area contributed by atoms with Gasteiger partial charge in [-0.15, -0.1) is 11.6 Å². The van der Waals surface area contributed by atoms with Gasteiger partial charge in [0.05, 0.1) is 5.56 Å². The first-order valence-electron chi connectivity index (χ1n) is 5.01. The van der Waals surface area contributed by atoms with Crippen molar-refractivity contribution in [3.05, 3.63) is 35.1 Å². The van der Waals surface area contributed by atoms with Gasteiger partial charge in [0.1, 0.15) is 0 Å². The van der Waals surface area contributed by atoms with Gasteiger partial charge in [-0.2, -0.15) is 0 Å². The van der Waals surface area contributed by atoms with Crippen LogP contribution in [0.1, 0.15) is 23.7 Å². The molecule has 17 heavy (non-hydrogen) atoms. The molecule has 0 aliphatic heterocycles. The zero-order valence-electron chi connectivity index (χ0n) is 9.07. The summed E-state index contributed by atoms with van der Waals surface area (Å²) >= 11 is 5.55. The lowest BCUT2D eigenvalue weighted by Gasteiger charge is -2.14. The Labute approximate surface area is 102 Å². The van der Waals surface area contributed by atoms with Crippen molar-refractivity contribution in [1.82, 2.24) is 5.32 Å². The first kappa shape index (κ1) is 13.8. The van der Waals surface area contributed by atoms with Crippen LogP contribution in [0, 0.1) is 17.5 Å². The summed E-state index contributed by atoms with van der Waals surface area (Å²) in [6.07, 6.45) is 0.556. The molecule has 6 heteroatoms. The maximum atomic E-state index is 13.3. The second-order valence-corrected chi connectivity index (χ2v) is 3.76. The second kappa shape index (κ2) is 5.91. The molecular weight excluding hydrogens is 255 g/mol. The fourth-order valence-electron chi connectivity index (χ4n) is 1.21. The van der Waals surface area contributed by atoms with E-state index in [1.165, 1.54) is 0 Å². The molecule has 1 unspecified atom stereocenters. The molecule has 0 radical (unpaired) electrons. The molecule has 0 fully saturated rings. The maximum absolute atomic E-state index is 13.3. The van der Waals surface area contributed by atoms with E-state index in [0.717, 1.165) is 6.07 Å². The third kappa shape index (κ3) is 3.12. The molecule has 0 aliphatic rings. The summed E-state index contributed by atoms with van der Waals surface area (Å²) in [7, 11) is 0. The number of carbonyl (C=O) groups excluding carboxylic acids is 1. The van der Waals surface area contributed by atoms with Gasteiger partial charge in [0.15, 0.2) is 17.5 Å². The Bertz CT molecular complexity index is 421. The van der Waals surface area contributed by atoms with Crippen molar-refractivity contribution in [2.45, 2.75) is 19.4 Å². The Morgan fingerprint density at radius 2 is 2.00 bits per heavy atom. The van der Waals surface area contributed by atoms with Crippen LogP contribution in [0.5, 0.6) is 0 Å². The second-order valence-electron chi connectivity index (χ2n) is 3.46. The number of hydrogen-bond acceptors (Lipinski definition) is 1. The summed E-state index contributed by atoms with van der Waals surface area (Å²) in [4.78, 5) is 11.6. The third-order valence-corrected chi connectivity index (χ3v) is 2.67. The molecule has 1 aromatic carbocycles. The summed E-state index contributed by atoms with van der Waals surface area (Å²) < 4.78 is 38.8. The van der Waals surface area contributed by atoms with E-state index in [4.69, 9.17) is 11.6 Å². The van der Waals surface area contributed by atoms with Crippen molar-refractivity contribution in [3.63, 3.8) is 0 Å². The van der Waals surface area contributed by atoms with Crippen molar-refractivity contribution < 1.29 is 18.0 Å². The smallest absolute Gasteiger partial charge is 0.254 e. The van der Waals surface area contributed by atoms with E-state index in [2.05, 4.69) is 5.32 Å². The molecule has 1 amide bonds. The molecule has 2 nitrogen and oxygen atoms in total. The number of halogens is 4. The zero-order chi connectivity index (χ0) is 13.0. The Hall–Kier alpha value is -1.23. The van der Waals surface area contributed by atoms with Crippen LogP contribution < -0.4 is 5.32 Å². The van der Waals surface area contributed by atoms with Gasteiger partial charge in [0, 0.05) is 11.9 Å². The first-order valence-corrected chi connectivity index (χ1v) is 5.55. The number of hydrogen-bond donors (Lipinski definition) is 1. The topological polar surface area (TPSA) is 29.1 Å². The molecule has 1 aromatic rings. The molecule has 0 aliphatic carbocycles.